The first-order valence-corrected chi connectivity index (χ1v) is 6.05. The van der Waals surface area contributed by atoms with Gasteiger partial charge in [-0.05, 0) is 24.3 Å². The van der Waals surface area contributed by atoms with Crippen LogP contribution in [0.15, 0.2) is 42.5 Å². The smallest absolute Gasteiger partial charge is 0.341 e. The minimum Gasteiger partial charge on any atom is -0.507 e. The minimum absolute atomic E-state index is 0.145. The Morgan fingerprint density at radius 3 is 2.00 bits per heavy atom. The molecule has 0 bridgehead atoms. The van der Waals surface area contributed by atoms with Gasteiger partial charge < -0.3 is 10.2 Å². The minimum atomic E-state index is -1.42. The number of phenols is 1. The number of aromatic hydroxyl groups is 1. The van der Waals surface area contributed by atoms with E-state index in [9.17, 15) is 24.6 Å². The van der Waals surface area contributed by atoms with Crippen molar-refractivity contribution in [3.8, 4) is 5.75 Å². The summed E-state index contributed by atoms with van der Waals surface area (Å²) in [7, 11) is 0. The number of imide groups is 1. The highest BCUT2D eigenvalue weighted by Gasteiger charge is 2.38. The number of nitrogens with zero attached hydrogens (tertiary/aromatic N) is 1. The lowest BCUT2D eigenvalue weighted by Gasteiger charge is -2.16. The fraction of sp³-hybridized carbons (Fsp3) is 0. The van der Waals surface area contributed by atoms with Gasteiger partial charge in [0.25, 0.3) is 11.8 Å². The molecular formula is C15H9NO5. The molecule has 6 nitrogen and oxygen atoms in total. The largest absolute Gasteiger partial charge is 0.507 e. The molecule has 0 aromatic heterocycles. The molecule has 2 amide bonds. The van der Waals surface area contributed by atoms with E-state index in [1.807, 2.05) is 0 Å². The number of aromatic carboxylic acids is 1. The van der Waals surface area contributed by atoms with Crippen LogP contribution < -0.4 is 4.90 Å². The number of fused-ring (bicyclic) bond motifs is 1. The van der Waals surface area contributed by atoms with Gasteiger partial charge in [0.1, 0.15) is 11.3 Å². The Morgan fingerprint density at radius 2 is 1.48 bits per heavy atom. The number of rotatable bonds is 2. The maximum Gasteiger partial charge on any atom is 0.341 e. The number of anilines is 1. The normalized spacial score (nSPS) is 13.4. The summed E-state index contributed by atoms with van der Waals surface area (Å²) in [5.74, 6) is -3.14. The van der Waals surface area contributed by atoms with Gasteiger partial charge in [0.2, 0.25) is 0 Å². The molecule has 1 heterocycles. The van der Waals surface area contributed by atoms with Gasteiger partial charge in [0, 0.05) is 0 Å². The van der Waals surface area contributed by atoms with E-state index in [1.165, 1.54) is 30.3 Å². The van der Waals surface area contributed by atoms with Crippen LogP contribution in [-0.2, 0) is 0 Å². The molecule has 0 fully saturated rings. The molecule has 3 rings (SSSR count). The number of carboxylic acid groups (broad SMARTS) is 1. The Kier molecular flexibility index (Phi) is 2.72. The lowest BCUT2D eigenvalue weighted by molar-refractivity contribution is 0.0695. The average molecular weight is 283 g/mol. The van der Waals surface area contributed by atoms with Crippen molar-refractivity contribution in [3.05, 3.63) is 59.2 Å². The van der Waals surface area contributed by atoms with Crippen molar-refractivity contribution in [2.45, 2.75) is 0 Å². The Labute approximate surface area is 118 Å². The summed E-state index contributed by atoms with van der Waals surface area (Å²) in [5, 5.41) is 18.9. The van der Waals surface area contributed by atoms with Gasteiger partial charge in [-0.25, -0.2) is 9.69 Å². The molecule has 104 valence electrons. The zero-order chi connectivity index (χ0) is 15.1. The van der Waals surface area contributed by atoms with Crippen molar-refractivity contribution in [1.29, 1.82) is 0 Å². The predicted molar refractivity (Wildman–Crippen MR) is 72.6 cm³/mol. The molecule has 6 heteroatoms. The number of hydrogen-bond acceptors (Lipinski definition) is 4. The van der Waals surface area contributed by atoms with Gasteiger partial charge in [-0.3, -0.25) is 9.59 Å². The van der Waals surface area contributed by atoms with Gasteiger partial charge in [-0.1, -0.05) is 18.2 Å². The second-order valence-electron chi connectivity index (χ2n) is 4.47. The summed E-state index contributed by atoms with van der Waals surface area (Å²) in [4.78, 5) is 36.7. The van der Waals surface area contributed by atoms with Gasteiger partial charge >= 0.3 is 5.97 Å². The SMILES string of the molecule is O=C(O)c1c(O)cccc1N1C(=O)c2ccccc2C1=O. The summed E-state index contributed by atoms with van der Waals surface area (Å²) in [6, 6.07) is 10.1. The topological polar surface area (TPSA) is 94.9 Å². The second-order valence-corrected chi connectivity index (χ2v) is 4.47. The van der Waals surface area contributed by atoms with Crippen molar-refractivity contribution in [1.82, 2.24) is 0 Å². The van der Waals surface area contributed by atoms with E-state index < -0.39 is 29.1 Å². The quantitative estimate of drug-likeness (QED) is 0.821. The van der Waals surface area contributed by atoms with Crippen LogP contribution in [0.2, 0.25) is 0 Å². The highest BCUT2D eigenvalue weighted by Crippen LogP contribution is 2.34. The van der Waals surface area contributed by atoms with E-state index in [0.29, 0.717) is 0 Å². The van der Waals surface area contributed by atoms with Crippen LogP contribution in [0.5, 0.6) is 5.75 Å². The molecule has 0 spiro atoms. The third-order valence-electron chi connectivity index (χ3n) is 3.27. The number of carboxylic acids is 1. The summed E-state index contributed by atoms with van der Waals surface area (Å²) < 4.78 is 0. The van der Waals surface area contributed by atoms with E-state index in [1.54, 1.807) is 12.1 Å². The average Bonchev–Trinajstić information content (AvgIpc) is 2.71. The maximum absolute atomic E-state index is 12.3. The number of hydrogen-bond donors (Lipinski definition) is 2. The Bertz CT molecular complexity index is 761. The zero-order valence-electron chi connectivity index (χ0n) is 10.6. The molecule has 0 radical (unpaired) electrons. The molecule has 0 saturated carbocycles. The standard InChI is InChI=1S/C15H9NO5/c17-11-7-3-6-10(12(11)15(20)21)16-13(18)8-4-1-2-5-9(8)14(16)19/h1-7,17H,(H,20,21). The van der Waals surface area contributed by atoms with Crippen molar-refractivity contribution in [2.24, 2.45) is 0 Å². The van der Waals surface area contributed by atoms with Gasteiger partial charge in [-0.2, -0.15) is 0 Å². The predicted octanol–water partition coefficient (Wildman–Crippen LogP) is 1.89. The summed E-state index contributed by atoms with van der Waals surface area (Å²) >= 11 is 0. The summed E-state index contributed by atoms with van der Waals surface area (Å²) in [6.07, 6.45) is 0. The van der Waals surface area contributed by atoms with Crippen molar-refractivity contribution < 1.29 is 24.6 Å². The Balaban J connectivity index is 2.21. The number of benzene rings is 2. The van der Waals surface area contributed by atoms with Gasteiger partial charge in [-0.15, -0.1) is 0 Å². The molecule has 21 heavy (non-hydrogen) atoms. The van der Waals surface area contributed by atoms with Crippen LogP contribution in [0.3, 0.4) is 0 Å². The Morgan fingerprint density at radius 1 is 0.905 bits per heavy atom. The fourth-order valence-electron chi connectivity index (χ4n) is 2.34. The molecule has 2 aromatic carbocycles. The third-order valence-corrected chi connectivity index (χ3v) is 3.27. The second kappa shape index (κ2) is 4.45. The zero-order valence-corrected chi connectivity index (χ0v) is 10.6. The monoisotopic (exact) mass is 283 g/mol. The fourth-order valence-corrected chi connectivity index (χ4v) is 2.34. The lowest BCUT2D eigenvalue weighted by Crippen LogP contribution is -2.30. The number of carbonyl (C=O) groups is 3. The van der Waals surface area contributed by atoms with E-state index in [4.69, 9.17) is 0 Å². The first-order valence-electron chi connectivity index (χ1n) is 6.05. The van der Waals surface area contributed by atoms with Crippen molar-refractivity contribution in [3.63, 3.8) is 0 Å². The van der Waals surface area contributed by atoms with Gasteiger partial charge in [0.05, 0.1) is 16.8 Å². The van der Waals surface area contributed by atoms with Crippen LogP contribution in [-0.4, -0.2) is 28.0 Å². The molecular weight excluding hydrogens is 274 g/mol. The van der Waals surface area contributed by atoms with Crippen molar-refractivity contribution >= 4 is 23.5 Å². The van der Waals surface area contributed by atoms with E-state index in [0.717, 1.165) is 4.90 Å². The molecule has 0 aliphatic carbocycles. The van der Waals surface area contributed by atoms with E-state index in [2.05, 4.69) is 0 Å². The number of amides is 2. The molecule has 2 N–H and O–H groups in total. The van der Waals surface area contributed by atoms with Gasteiger partial charge in [0.15, 0.2) is 0 Å². The van der Waals surface area contributed by atoms with Crippen LogP contribution >= 0.6 is 0 Å². The maximum atomic E-state index is 12.3. The van der Waals surface area contributed by atoms with Crippen LogP contribution in [0.25, 0.3) is 0 Å². The molecule has 0 saturated heterocycles. The lowest BCUT2D eigenvalue weighted by atomic mass is 10.1. The molecule has 0 unspecified atom stereocenters. The van der Waals surface area contributed by atoms with E-state index >= 15 is 0 Å². The third kappa shape index (κ3) is 1.77. The highest BCUT2D eigenvalue weighted by molar-refractivity contribution is 6.35. The number of carbonyl (C=O) groups excluding carboxylic acids is 2. The molecule has 1 aliphatic rings. The molecule has 0 atom stereocenters. The van der Waals surface area contributed by atoms with Crippen LogP contribution in [0.1, 0.15) is 31.1 Å². The first-order chi connectivity index (χ1) is 10.0. The summed E-state index contributed by atoms with van der Waals surface area (Å²) in [5.41, 5.74) is -0.204. The van der Waals surface area contributed by atoms with Crippen molar-refractivity contribution in [2.75, 3.05) is 4.90 Å². The highest BCUT2D eigenvalue weighted by atomic mass is 16.4. The van der Waals surface area contributed by atoms with Crippen LogP contribution in [0.4, 0.5) is 5.69 Å². The van der Waals surface area contributed by atoms with E-state index in [-0.39, 0.29) is 16.8 Å². The molecule has 1 aliphatic heterocycles. The first kappa shape index (κ1) is 12.9. The molecule has 2 aromatic rings. The summed E-state index contributed by atoms with van der Waals surface area (Å²) in [6.45, 7) is 0. The van der Waals surface area contributed by atoms with Crippen LogP contribution in [0, 0.1) is 0 Å². The Hall–Kier alpha value is -3.15.